The van der Waals surface area contributed by atoms with Crippen LogP contribution in [0.3, 0.4) is 0 Å². The number of hydrogen-bond donors (Lipinski definition) is 0. The van der Waals surface area contributed by atoms with Crippen LogP contribution in [0.15, 0.2) is 60.7 Å². The Morgan fingerprint density at radius 3 is 2.26 bits per heavy atom. The van der Waals surface area contributed by atoms with Crippen LogP contribution >= 0.6 is 0 Å². The van der Waals surface area contributed by atoms with Crippen LogP contribution in [-0.4, -0.2) is 20.2 Å². The Hall–Kier alpha value is -2.49. The van der Waals surface area contributed by atoms with E-state index in [1.165, 1.54) is 5.56 Å². The van der Waals surface area contributed by atoms with Crippen molar-refractivity contribution in [3.05, 3.63) is 66.2 Å². The summed E-state index contributed by atoms with van der Waals surface area (Å²) in [6.45, 7) is 0.740. The molecule has 19 heavy (non-hydrogen) atoms. The molecule has 0 aliphatic heterocycles. The van der Waals surface area contributed by atoms with Crippen molar-refractivity contribution >= 4 is 0 Å². The topological polar surface area (TPSA) is 43.6 Å². The molecule has 2 aromatic carbocycles. The fraction of sp³-hybridized carbons (Fsp3) is 0.133. The normalized spacial score (nSPS) is 10.5. The molecular formula is C15H14N4. The molecule has 0 aliphatic rings. The lowest BCUT2D eigenvalue weighted by atomic mass is 10.2. The SMILES string of the molecule is c1ccc(CCn2nnc(-c3ccccc3)n2)cc1. The lowest BCUT2D eigenvalue weighted by Crippen LogP contribution is -2.05. The summed E-state index contributed by atoms with van der Waals surface area (Å²) >= 11 is 0. The molecule has 4 nitrogen and oxygen atoms in total. The van der Waals surface area contributed by atoms with Gasteiger partial charge in [0.25, 0.3) is 0 Å². The number of aromatic nitrogens is 4. The van der Waals surface area contributed by atoms with Crippen molar-refractivity contribution in [2.24, 2.45) is 0 Å². The first-order chi connectivity index (χ1) is 9.42. The van der Waals surface area contributed by atoms with Crippen LogP contribution in [0.5, 0.6) is 0 Å². The zero-order valence-electron chi connectivity index (χ0n) is 10.5. The van der Waals surface area contributed by atoms with Gasteiger partial charge < -0.3 is 0 Å². The molecule has 3 rings (SSSR count). The molecule has 0 atom stereocenters. The number of nitrogens with zero attached hydrogens (tertiary/aromatic N) is 4. The van der Waals surface area contributed by atoms with Gasteiger partial charge in [-0.3, -0.25) is 0 Å². The molecule has 3 aromatic rings. The van der Waals surface area contributed by atoms with Crippen LogP contribution < -0.4 is 0 Å². The number of tetrazole rings is 1. The van der Waals surface area contributed by atoms with Crippen molar-refractivity contribution < 1.29 is 0 Å². The average Bonchev–Trinajstić information content (AvgIpc) is 2.96. The van der Waals surface area contributed by atoms with Gasteiger partial charge in [0.1, 0.15) is 0 Å². The fourth-order valence-corrected chi connectivity index (χ4v) is 1.91. The number of rotatable bonds is 4. The van der Waals surface area contributed by atoms with E-state index in [0.29, 0.717) is 5.82 Å². The summed E-state index contributed by atoms with van der Waals surface area (Å²) in [5.74, 6) is 0.675. The Labute approximate surface area is 111 Å². The summed E-state index contributed by atoms with van der Waals surface area (Å²) in [6, 6.07) is 20.2. The molecule has 94 valence electrons. The molecule has 0 unspecified atom stereocenters. The van der Waals surface area contributed by atoms with Crippen LogP contribution in [0.25, 0.3) is 11.4 Å². The van der Waals surface area contributed by atoms with Gasteiger partial charge in [-0.25, -0.2) is 0 Å². The van der Waals surface area contributed by atoms with E-state index in [9.17, 15) is 0 Å². The molecule has 1 heterocycles. The minimum absolute atomic E-state index is 0.675. The smallest absolute Gasteiger partial charge is 0.164 e. The first kappa shape index (κ1) is 11.6. The van der Waals surface area contributed by atoms with E-state index in [4.69, 9.17) is 0 Å². The van der Waals surface area contributed by atoms with Crippen molar-refractivity contribution in [1.29, 1.82) is 0 Å². The Morgan fingerprint density at radius 1 is 0.842 bits per heavy atom. The first-order valence-electron chi connectivity index (χ1n) is 6.29. The maximum Gasteiger partial charge on any atom is 0.204 e. The van der Waals surface area contributed by atoms with Crippen LogP contribution in [0.2, 0.25) is 0 Å². The molecule has 0 spiro atoms. The Balaban J connectivity index is 1.69. The second-order valence-electron chi connectivity index (χ2n) is 4.31. The van der Waals surface area contributed by atoms with Crippen molar-refractivity contribution in [2.45, 2.75) is 13.0 Å². The zero-order valence-corrected chi connectivity index (χ0v) is 10.5. The maximum absolute atomic E-state index is 4.39. The highest BCUT2D eigenvalue weighted by Crippen LogP contribution is 2.11. The summed E-state index contributed by atoms with van der Waals surface area (Å²) in [5, 5.41) is 12.6. The third-order valence-corrected chi connectivity index (χ3v) is 2.93. The molecule has 0 saturated heterocycles. The summed E-state index contributed by atoms with van der Waals surface area (Å²) < 4.78 is 0. The van der Waals surface area contributed by atoms with Gasteiger partial charge in [0.15, 0.2) is 0 Å². The Morgan fingerprint density at radius 2 is 1.53 bits per heavy atom. The second-order valence-corrected chi connectivity index (χ2v) is 4.31. The molecular weight excluding hydrogens is 236 g/mol. The molecule has 0 radical (unpaired) electrons. The summed E-state index contributed by atoms with van der Waals surface area (Å²) in [4.78, 5) is 1.65. The lowest BCUT2D eigenvalue weighted by Gasteiger charge is -1.99. The summed E-state index contributed by atoms with van der Waals surface area (Å²) in [5.41, 5.74) is 2.27. The van der Waals surface area contributed by atoms with E-state index in [0.717, 1.165) is 18.5 Å². The monoisotopic (exact) mass is 250 g/mol. The minimum Gasteiger partial charge on any atom is -0.164 e. The quantitative estimate of drug-likeness (QED) is 0.714. The number of benzene rings is 2. The van der Waals surface area contributed by atoms with Crippen LogP contribution in [0, 0.1) is 0 Å². The van der Waals surface area contributed by atoms with E-state index in [1.54, 1.807) is 4.80 Å². The largest absolute Gasteiger partial charge is 0.204 e. The Bertz CT molecular complexity index is 632. The van der Waals surface area contributed by atoms with E-state index < -0.39 is 0 Å². The molecule has 0 fully saturated rings. The molecule has 0 amide bonds. The van der Waals surface area contributed by atoms with Gasteiger partial charge >= 0.3 is 0 Å². The third kappa shape index (κ3) is 2.85. The van der Waals surface area contributed by atoms with Gasteiger partial charge in [-0.2, -0.15) is 4.80 Å². The fourth-order valence-electron chi connectivity index (χ4n) is 1.91. The van der Waals surface area contributed by atoms with Crippen molar-refractivity contribution in [3.8, 4) is 11.4 Å². The maximum atomic E-state index is 4.39. The third-order valence-electron chi connectivity index (χ3n) is 2.93. The standard InChI is InChI=1S/C15H14N4/c1-3-7-13(8-4-1)11-12-19-17-15(16-18-19)14-9-5-2-6-10-14/h1-10H,11-12H2. The van der Waals surface area contributed by atoms with Crippen LogP contribution in [-0.2, 0) is 13.0 Å². The van der Waals surface area contributed by atoms with Gasteiger partial charge in [0, 0.05) is 5.56 Å². The van der Waals surface area contributed by atoms with E-state index >= 15 is 0 Å². The van der Waals surface area contributed by atoms with Gasteiger partial charge in [0.05, 0.1) is 6.54 Å². The summed E-state index contributed by atoms with van der Waals surface area (Å²) in [6.07, 6.45) is 0.908. The van der Waals surface area contributed by atoms with Gasteiger partial charge in [0.2, 0.25) is 5.82 Å². The Kier molecular flexibility index (Phi) is 3.32. The highest BCUT2D eigenvalue weighted by atomic mass is 15.6. The van der Waals surface area contributed by atoms with Crippen molar-refractivity contribution in [2.75, 3.05) is 0 Å². The zero-order chi connectivity index (χ0) is 12.9. The highest BCUT2D eigenvalue weighted by molar-refractivity contribution is 5.52. The molecule has 0 N–H and O–H groups in total. The van der Waals surface area contributed by atoms with E-state index in [1.807, 2.05) is 48.5 Å². The summed E-state index contributed by atoms with van der Waals surface area (Å²) in [7, 11) is 0. The first-order valence-corrected chi connectivity index (χ1v) is 6.29. The molecule has 1 aromatic heterocycles. The van der Waals surface area contributed by atoms with Gasteiger partial charge in [-0.15, -0.1) is 10.2 Å². The van der Waals surface area contributed by atoms with Gasteiger partial charge in [-0.05, 0) is 17.2 Å². The van der Waals surface area contributed by atoms with Crippen LogP contribution in [0.4, 0.5) is 0 Å². The molecule has 0 saturated carbocycles. The average molecular weight is 250 g/mol. The van der Waals surface area contributed by atoms with E-state index in [-0.39, 0.29) is 0 Å². The number of aryl methyl sites for hydroxylation is 2. The predicted molar refractivity (Wildman–Crippen MR) is 73.4 cm³/mol. The van der Waals surface area contributed by atoms with Gasteiger partial charge in [-0.1, -0.05) is 60.7 Å². The van der Waals surface area contributed by atoms with Crippen LogP contribution in [0.1, 0.15) is 5.56 Å². The molecule has 4 heteroatoms. The van der Waals surface area contributed by atoms with E-state index in [2.05, 4.69) is 27.5 Å². The second kappa shape index (κ2) is 5.44. The molecule has 0 bridgehead atoms. The molecule has 0 aliphatic carbocycles. The number of hydrogen-bond acceptors (Lipinski definition) is 3. The lowest BCUT2D eigenvalue weighted by molar-refractivity contribution is 0.523. The van der Waals surface area contributed by atoms with Crippen molar-refractivity contribution in [1.82, 2.24) is 20.2 Å². The predicted octanol–water partition coefficient (Wildman–Crippen LogP) is 2.58. The highest BCUT2D eigenvalue weighted by Gasteiger charge is 2.04. The van der Waals surface area contributed by atoms with Crippen molar-refractivity contribution in [3.63, 3.8) is 0 Å². The minimum atomic E-state index is 0.675.